The Morgan fingerprint density at radius 3 is 2.68 bits per heavy atom. The zero-order valence-corrected chi connectivity index (χ0v) is 27.7. The van der Waals surface area contributed by atoms with E-state index >= 15 is 0 Å². The van der Waals surface area contributed by atoms with Crippen LogP contribution < -0.4 is 15.1 Å². The minimum Gasteiger partial charge on any atom is -0.389 e. The van der Waals surface area contributed by atoms with Crippen molar-refractivity contribution in [2.45, 2.75) is 64.3 Å². The summed E-state index contributed by atoms with van der Waals surface area (Å²) in [5.74, 6) is -0.407. The zero-order chi connectivity index (χ0) is 33.3. The van der Waals surface area contributed by atoms with Gasteiger partial charge in [0.1, 0.15) is 5.69 Å². The van der Waals surface area contributed by atoms with E-state index in [9.17, 15) is 20.0 Å². The van der Waals surface area contributed by atoms with Gasteiger partial charge in [-0.1, -0.05) is 36.9 Å². The molecule has 47 heavy (non-hydrogen) atoms. The number of piperazine rings is 1. The molecule has 3 aliphatic rings. The van der Waals surface area contributed by atoms with Gasteiger partial charge in [-0.25, -0.2) is 4.98 Å². The number of amides is 2. The van der Waals surface area contributed by atoms with Gasteiger partial charge in [0, 0.05) is 74.2 Å². The Kier molecular flexibility index (Phi) is 9.22. The van der Waals surface area contributed by atoms with Crippen LogP contribution >= 0.6 is 0 Å². The summed E-state index contributed by atoms with van der Waals surface area (Å²) >= 11 is 0. The molecule has 0 unspecified atom stereocenters. The first kappa shape index (κ1) is 32.5. The van der Waals surface area contributed by atoms with Crippen molar-refractivity contribution in [2.75, 3.05) is 55.6 Å². The third kappa shape index (κ3) is 6.83. The monoisotopic (exact) mass is 635 g/mol. The van der Waals surface area contributed by atoms with Gasteiger partial charge in [0.05, 0.1) is 36.4 Å². The minimum absolute atomic E-state index is 0.138. The predicted octanol–water partition coefficient (Wildman–Crippen LogP) is 3.80. The van der Waals surface area contributed by atoms with Gasteiger partial charge in [-0.05, 0) is 62.8 Å². The van der Waals surface area contributed by atoms with Crippen LogP contribution in [0.25, 0.3) is 10.8 Å². The number of fused-ring (bicyclic) bond motifs is 2. The SMILES string of the molecule is C=CC(=O)N1CCN(c2cc(C(=O)N[C@H](C)CN3CC[C@@](C)(O)C3)nc3c2CCN(c2cccc4cccc(C)c24)C3)C[C@@H]1CC#N. The summed E-state index contributed by atoms with van der Waals surface area (Å²) < 4.78 is 0. The van der Waals surface area contributed by atoms with Gasteiger partial charge in [-0.3, -0.25) is 14.5 Å². The van der Waals surface area contributed by atoms with Crippen molar-refractivity contribution in [3.8, 4) is 6.07 Å². The van der Waals surface area contributed by atoms with Crippen LogP contribution in [0.5, 0.6) is 0 Å². The van der Waals surface area contributed by atoms with E-state index in [1.165, 1.54) is 22.4 Å². The van der Waals surface area contributed by atoms with Crippen LogP contribution in [0.1, 0.15) is 54.0 Å². The number of rotatable bonds is 8. The molecule has 4 heterocycles. The quantitative estimate of drug-likeness (QED) is 0.360. The standard InChI is InChI=1S/C37H45N7O3/c1-5-34(45)44-19-18-43(22-28(44)12-15-38)33-20-30(36(46)39-26(3)21-41-17-14-37(4,47)24-41)40-31-23-42(16-13-29(31)33)32-11-7-10-27-9-6-8-25(2)35(27)32/h5-11,20,26,28,47H,1,12-14,16-19,21-24H2,2-4H3,(H,39,46)/t26-,28+,37-/m1/s1. The van der Waals surface area contributed by atoms with E-state index in [0.717, 1.165) is 42.1 Å². The third-order valence-electron chi connectivity index (χ3n) is 9.87. The highest BCUT2D eigenvalue weighted by Crippen LogP contribution is 2.36. The second-order valence-corrected chi connectivity index (χ2v) is 13.6. The van der Waals surface area contributed by atoms with E-state index in [1.54, 1.807) is 4.90 Å². The van der Waals surface area contributed by atoms with E-state index in [2.05, 4.69) is 76.0 Å². The van der Waals surface area contributed by atoms with Crippen LogP contribution in [0.15, 0.2) is 55.1 Å². The number of anilines is 2. The number of likely N-dealkylation sites (tertiary alicyclic amines) is 1. The highest BCUT2D eigenvalue weighted by molar-refractivity contribution is 5.97. The van der Waals surface area contributed by atoms with E-state index in [-0.39, 0.29) is 30.3 Å². The predicted molar refractivity (Wildman–Crippen MR) is 184 cm³/mol. The first-order valence-electron chi connectivity index (χ1n) is 16.6. The molecule has 2 aromatic carbocycles. The lowest BCUT2D eigenvalue weighted by atomic mass is 9.97. The molecule has 0 spiro atoms. The second-order valence-electron chi connectivity index (χ2n) is 13.6. The van der Waals surface area contributed by atoms with Gasteiger partial charge in [0.2, 0.25) is 5.91 Å². The number of benzene rings is 2. The van der Waals surface area contributed by atoms with Gasteiger partial charge in [-0.15, -0.1) is 0 Å². The van der Waals surface area contributed by atoms with Crippen LogP contribution in [0.3, 0.4) is 0 Å². The fourth-order valence-electron chi connectivity index (χ4n) is 7.58. The smallest absolute Gasteiger partial charge is 0.270 e. The molecule has 0 saturated carbocycles. The highest BCUT2D eigenvalue weighted by atomic mass is 16.3. The van der Waals surface area contributed by atoms with Crippen molar-refractivity contribution in [1.82, 2.24) is 20.1 Å². The van der Waals surface area contributed by atoms with Crippen molar-refractivity contribution in [1.29, 1.82) is 5.26 Å². The number of aliphatic hydroxyl groups is 1. The van der Waals surface area contributed by atoms with E-state index in [4.69, 9.17) is 4.98 Å². The molecule has 2 fully saturated rings. The number of nitrogens with one attached hydrogen (secondary N) is 1. The maximum atomic E-state index is 13.8. The van der Waals surface area contributed by atoms with Gasteiger partial charge >= 0.3 is 0 Å². The summed E-state index contributed by atoms with van der Waals surface area (Å²) in [6, 6.07) is 16.5. The van der Waals surface area contributed by atoms with Crippen molar-refractivity contribution >= 4 is 34.0 Å². The third-order valence-corrected chi connectivity index (χ3v) is 9.87. The molecule has 3 aliphatic heterocycles. The molecule has 1 aromatic heterocycles. The van der Waals surface area contributed by atoms with Crippen LogP contribution in [-0.2, 0) is 17.8 Å². The number of β-amino-alcohol motifs (C(OH)–C–C–N with tert-alkyl or cyclic N) is 1. The van der Waals surface area contributed by atoms with Crippen molar-refractivity contribution in [3.05, 3.63) is 77.6 Å². The summed E-state index contributed by atoms with van der Waals surface area (Å²) in [6.45, 7) is 14.5. The maximum Gasteiger partial charge on any atom is 0.270 e. The van der Waals surface area contributed by atoms with E-state index in [0.29, 0.717) is 51.4 Å². The molecule has 0 aliphatic carbocycles. The number of carbonyl (C=O) groups is 2. The van der Waals surface area contributed by atoms with Crippen LogP contribution in [0.2, 0.25) is 0 Å². The molecular weight excluding hydrogens is 590 g/mol. The Morgan fingerprint density at radius 2 is 1.96 bits per heavy atom. The molecule has 0 bridgehead atoms. The number of aromatic nitrogens is 1. The molecule has 2 saturated heterocycles. The van der Waals surface area contributed by atoms with Crippen molar-refractivity contribution < 1.29 is 14.7 Å². The average molecular weight is 636 g/mol. The number of nitrogens with zero attached hydrogens (tertiary/aromatic N) is 6. The van der Waals surface area contributed by atoms with Crippen LogP contribution in [0.4, 0.5) is 11.4 Å². The molecule has 6 rings (SSSR count). The summed E-state index contributed by atoms with van der Waals surface area (Å²) in [5.41, 5.74) is 4.97. The number of aryl methyl sites for hydroxylation is 1. The largest absolute Gasteiger partial charge is 0.389 e. The number of hydrogen-bond acceptors (Lipinski definition) is 8. The fraction of sp³-hybridized carbons (Fsp3) is 0.459. The Morgan fingerprint density at radius 1 is 1.17 bits per heavy atom. The molecule has 2 amide bonds. The molecule has 3 aromatic rings. The Hall–Kier alpha value is -4.46. The summed E-state index contributed by atoms with van der Waals surface area (Å²) in [4.78, 5) is 39.9. The van der Waals surface area contributed by atoms with Crippen LogP contribution in [-0.4, -0.2) is 95.2 Å². The minimum atomic E-state index is -0.698. The summed E-state index contributed by atoms with van der Waals surface area (Å²) in [6.07, 6.45) is 2.99. The van der Waals surface area contributed by atoms with E-state index < -0.39 is 5.60 Å². The molecule has 3 atom stereocenters. The summed E-state index contributed by atoms with van der Waals surface area (Å²) in [7, 11) is 0. The molecule has 10 nitrogen and oxygen atoms in total. The maximum absolute atomic E-state index is 13.8. The van der Waals surface area contributed by atoms with Gasteiger partial charge < -0.3 is 25.1 Å². The molecule has 2 N–H and O–H groups in total. The fourth-order valence-corrected chi connectivity index (χ4v) is 7.58. The van der Waals surface area contributed by atoms with Crippen LogP contribution in [0, 0.1) is 18.3 Å². The zero-order valence-electron chi connectivity index (χ0n) is 27.7. The first-order chi connectivity index (χ1) is 22.6. The lowest BCUT2D eigenvalue weighted by Crippen LogP contribution is -2.55. The van der Waals surface area contributed by atoms with Crippen molar-refractivity contribution in [3.63, 3.8) is 0 Å². The second kappa shape index (κ2) is 13.3. The van der Waals surface area contributed by atoms with Crippen molar-refractivity contribution in [2.24, 2.45) is 0 Å². The van der Waals surface area contributed by atoms with Gasteiger partial charge in [0.15, 0.2) is 0 Å². The van der Waals surface area contributed by atoms with Gasteiger partial charge in [-0.2, -0.15) is 5.26 Å². The number of pyridine rings is 1. The Balaban J connectivity index is 1.32. The number of nitriles is 1. The molecular formula is C37H45N7O3. The lowest BCUT2D eigenvalue weighted by molar-refractivity contribution is -0.128. The first-order valence-corrected chi connectivity index (χ1v) is 16.6. The highest BCUT2D eigenvalue weighted by Gasteiger charge is 2.34. The Labute approximate surface area is 277 Å². The Bertz CT molecular complexity index is 1730. The normalized spacial score (nSPS) is 22.1. The number of carbonyl (C=O) groups excluding carboxylic acids is 2. The van der Waals surface area contributed by atoms with Gasteiger partial charge in [0.25, 0.3) is 5.91 Å². The lowest BCUT2D eigenvalue weighted by Gasteiger charge is -2.43. The topological polar surface area (TPSA) is 116 Å². The molecule has 0 radical (unpaired) electrons. The average Bonchev–Trinajstić information content (AvgIpc) is 3.40. The molecule has 10 heteroatoms. The molecule has 246 valence electrons. The summed E-state index contributed by atoms with van der Waals surface area (Å²) in [5, 5.41) is 25.6. The number of hydrogen-bond donors (Lipinski definition) is 2. The van der Waals surface area contributed by atoms with E-state index in [1.807, 2.05) is 19.9 Å².